The van der Waals surface area contributed by atoms with E-state index < -0.39 is 0 Å². The van der Waals surface area contributed by atoms with Crippen LogP contribution in [0.3, 0.4) is 0 Å². The molecule has 1 atom stereocenters. The van der Waals surface area contributed by atoms with Crippen LogP contribution in [0.15, 0.2) is 12.1 Å². The maximum atomic E-state index is 11.9. The fourth-order valence-electron chi connectivity index (χ4n) is 2.58. The molecule has 5 heteroatoms. The Hall–Kier alpha value is -1.91. The molecule has 0 saturated carbocycles. The molecule has 0 radical (unpaired) electrons. The Morgan fingerprint density at radius 2 is 2.05 bits per heavy atom. The van der Waals surface area contributed by atoms with Crippen LogP contribution in [0, 0.1) is 0 Å². The van der Waals surface area contributed by atoms with Crippen LogP contribution in [0.25, 0.3) is 0 Å². The van der Waals surface area contributed by atoms with Crippen LogP contribution in [-0.4, -0.2) is 30.4 Å². The summed E-state index contributed by atoms with van der Waals surface area (Å²) in [4.78, 5) is 13.7. The van der Waals surface area contributed by atoms with Gasteiger partial charge in [-0.25, -0.2) is 4.79 Å². The van der Waals surface area contributed by atoms with Gasteiger partial charge in [0.05, 0.1) is 6.61 Å². The molecule has 0 bridgehead atoms. The number of nitrogens with zero attached hydrogens (tertiary/aromatic N) is 1. The van der Waals surface area contributed by atoms with Crippen LogP contribution in [0.4, 0.5) is 4.79 Å². The third-order valence-electron chi connectivity index (χ3n) is 3.59. The minimum atomic E-state index is -0.252. The smallest absolute Gasteiger partial charge is 0.410 e. The predicted molar refractivity (Wildman–Crippen MR) is 68.3 cm³/mol. The monoisotopic (exact) mass is 263 g/mol. The van der Waals surface area contributed by atoms with E-state index in [1.54, 1.807) is 4.90 Å². The van der Waals surface area contributed by atoms with Crippen LogP contribution in [0.2, 0.25) is 0 Å². The maximum absolute atomic E-state index is 11.9. The minimum Gasteiger partial charge on any atom is -0.454 e. The van der Waals surface area contributed by atoms with Crippen LogP contribution >= 0.6 is 0 Å². The molecule has 1 aromatic rings. The molecule has 102 valence electrons. The van der Waals surface area contributed by atoms with Crippen molar-refractivity contribution in [3.8, 4) is 11.5 Å². The second-order valence-corrected chi connectivity index (χ2v) is 4.85. The molecule has 3 rings (SSSR count). The highest BCUT2D eigenvalue weighted by Gasteiger charge is 2.29. The van der Waals surface area contributed by atoms with Crippen molar-refractivity contribution < 1.29 is 19.0 Å². The Labute approximate surface area is 112 Å². The van der Waals surface area contributed by atoms with Gasteiger partial charge in [0.25, 0.3) is 0 Å². The third-order valence-corrected chi connectivity index (χ3v) is 3.59. The van der Waals surface area contributed by atoms with E-state index >= 15 is 0 Å². The first-order valence-electron chi connectivity index (χ1n) is 6.54. The lowest BCUT2D eigenvalue weighted by molar-refractivity contribution is 0.0861. The highest BCUT2D eigenvalue weighted by Crippen LogP contribution is 2.37. The van der Waals surface area contributed by atoms with Crippen LogP contribution in [0.5, 0.6) is 11.5 Å². The van der Waals surface area contributed by atoms with Crippen molar-refractivity contribution in [3.05, 3.63) is 23.3 Å². The lowest BCUT2D eigenvalue weighted by Crippen LogP contribution is -2.42. The van der Waals surface area contributed by atoms with Gasteiger partial charge in [0.15, 0.2) is 11.5 Å². The number of ether oxygens (including phenoxy) is 3. The molecule has 1 amide bonds. The van der Waals surface area contributed by atoms with Crippen molar-refractivity contribution in [3.63, 3.8) is 0 Å². The zero-order chi connectivity index (χ0) is 13.4. The molecule has 1 aromatic carbocycles. The van der Waals surface area contributed by atoms with E-state index in [4.69, 9.17) is 14.2 Å². The van der Waals surface area contributed by atoms with Crippen molar-refractivity contribution in [2.45, 2.75) is 32.9 Å². The number of fused-ring (bicyclic) bond motifs is 2. The summed E-state index contributed by atoms with van der Waals surface area (Å²) in [5.41, 5.74) is 2.33. The highest BCUT2D eigenvalue weighted by molar-refractivity contribution is 5.69. The maximum Gasteiger partial charge on any atom is 0.410 e. The Kier molecular flexibility index (Phi) is 2.97. The number of rotatable bonds is 1. The molecule has 0 aromatic heterocycles. The lowest BCUT2D eigenvalue weighted by atomic mass is 9.94. The van der Waals surface area contributed by atoms with Gasteiger partial charge < -0.3 is 19.1 Å². The van der Waals surface area contributed by atoms with E-state index in [9.17, 15) is 4.79 Å². The second-order valence-electron chi connectivity index (χ2n) is 4.85. The van der Waals surface area contributed by atoms with E-state index in [1.165, 1.54) is 5.56 Å². The first-order chi connectivity index (χ1) is 9.19. The Bertz CT molecular complexity index is 514. The topological polar surface area (TPSA) is 48.0 Å². The molecule has 19 heavy (non-hydrogen) atoms. The largest absolute Gasteiger partial charge is 0.454 e. The molecule has 2 aliphatic rings. The molecule has 5 nitrogen and oxygen atoms in total. The first-order valence-corrected chi connectivity index (χ1v) is 6.54. The molecular formula is C14H17NO4. The van der Waals surface area contributed by atoms with Crippen LogP contribution in [-0.2, 0) is 17.7 Å². The number of carbonyl (C=O) groups is 1. The van der Waals surface area contributed by atoms with Crippen molar-refractivity contribution in [2.75, 3.05) is 13.4 Å². The molecule has 0 N–H and O–H groups in total. The number of amides is 1. The second kappa shape index (κ2) is 4.64. The van der Waals surface area contributed by atoms with Gasteiger partial charge in [0, 0.05) is 12.6 Å². The standard InChI is InChI=1S/C14H17NO4/c1-3-17-14(16)15-7-11-6-13-12(18-8-19-13)5-10(11)4-9(15)2/h5-6,9H,3-4,7-8H2,1-2H3. The summed E-state index contributed by atoms with van der Waals surface area (Å²) in [7, 11) is 0. The molecule has 1 unspecified atom stereocenters. The van der Waals surface area contributed by atoms with E-state index in [0.29, 0.717) is 13.2 Å². The van der Waals surface area contributed by atoms with Gasteiger partial charge in [0.2, 0.25) is 6.79 Å². The normalized spacial score (nSPS) is 20.1. The Morgan fingerprint density at radius 3 is 2.74 bits per heavy atom. The predicted octanol–water partition coefficient (Wildman–Crippen LogP) is 2.32. The van der Waals surface area contributed by atoms with Gasteiger partial charge in [-0.2, -0.15) is 0 Å². The van der Waals surface area contributed by atoms with Gasteiger partial charge in [-0.3, -0.25) is 0 Å². The fraction of sp³-hybridized carbons (Fsp3) is 0.500. The lowest BCUT2D eigenvalue weighted by Gasteiger charge is -2.34. The minimum absolute atomic E-state index is 0.131. The van der Waals surface area contributed by atoms with Gasteiger partial charge >= 0.3 is 6.09 Å². The summed E-state index contributed by atoms with van der Waals surface area (Å²) in [6, 6.07) is 4.12. The molecule has 0 fully saturated rings. The molecule has 0 aliphatic carbocycles. The average molecular weight is 263 g/mol. The van der Waals surface area contributed by atoms with Gasteiger partial charge in [-0.1, -0.05) is 0 Å². The molecule has 0 spiro atoms. The van der Waals surface area contributed by atoms with Gasteiger partial charge in [-0.05, 0) is 43.5 Å². The molecular weight excluding hydrogens is 246 g/mol. The number of hydrogen-bond donors (Lipinski definition) is 0. The van der Waals surface area contributed by atoms with Crippen molar-refractivity contribution in [1.29, 1.82) is 0 Å². The average Bonchev–Trinajstić information content (AvgIpc) is 2.82. The van der Waals surface area contributed by atoms with Crippen molar-refractivity contribution in [1.82, 2.24) is 4.90 Å². The zero-order valence-corrected chi connectivity index (χ0v) is 11.1. The van der Waals surface area contributed by atoms with Crippen molar-refractivity contribution >= 4 is 6.09 Å². The fourth-order valence-corrected chi connectivity index (χ4v) is 2.58. The summed E-state index contributed by atoms with van der Waals surface area (Å²) < 4.78 is 15.9. The van der Waals surface area contributed by atoms with Gasteiger partial charge in [-0.15, -0.1) is 0 Å². The van der Waals surface area contributed by atoms with E-state index in [-0.39, 0.29) is 18.9 Å². The summed E-state index contributed by atoms with van der Waals surface area (Å²) >= 11 is 0. The van der Waals surface area contributed by atoms with Crippen molar-refractivity contribution in [2.24, 2.45) is 0 Å². The van der Waals surface area contributed by atoms with E-state index in [2.05, 4.69) is 0 Å². The quantitative estimate of drug-likeness (QED) is 0.780. The highest BCUT2D eigenvalue weighted by atomic mass is 16.7. The van der Waals surface area contributed by atoms with E-state index in [0.717, 1.165) is 23.5 Å². The van der Waals surface area contributed by atoms with Crippen LogP contribution in [0.1, 0.15) is 25.0 Å². The van der Waals surface area contributed by atoms with Crippen LogP contribution < -0.4 is 9.47 Å². The Morgan fingerprint density at radius 1 is 1.37 bits per heavy atom. The number of hydrogen-bond acceptors (Lipinski definition) is 4. The molecule has 0 saturated heterocycles. The molecule has 2 aliphatic heterocycles. The summed E-state index contributed by atoms with van der Waals surface area (Å²) in [5, 5.41) is 0. The summed E-state index contributed by atoms with van der Waals surface area (Å²) in [6.45, 7) is 5.08. The molecule has 2 heterocycles. The SMILES string of the molecule is CCOC(=O)N1Cc2cc3c(cc2CC1C)OCO3. The summed E-state index contributed by atoms with van der Waals surface area (Å²) in [5.74, 6) is 1.56. The zero-order valence-electron chi connectivity index (χ0n) is 11.1. The van der Waals surface area contributed by atoms with E-state index in [1.807, 2.05) is 26.0 Å². The summed E-state index contributed by atoms with van der Waals surface area (Å²) in [6.07, 6.45) is 0.559. The Balaban J connectivity index is 1.88. The third kappa shape index (κ3) is 2.09. The number of carbonyl (C=O) groups excluding carboxylic acids is 1. The number of benzene rings is 1. The van der Waals surface area contributed by atoms with Gasteiger partial charge in [0.1, 0.15) is 0 Å². The first kappa shape index (κ1) is 12.1.